The summed E-state index contributed by atoms with van der Waals surface area (Å²) in [7, 11) is 1.25. The lowest BCUT2D eigenvalue weighted by Gasteiger charge is -2.28. The quantitative estimate of drug-likeness (QED) is 0.809. The maximum Gasteiger partial charge on any atom is 0.410 e. The number of hydrogen-bond donors (Lipinski definition) is 1. The molecule has 0 bridgehead atoms. The van der Waals surface area contributed by atoms with Crippen molar-refractivity contribution in [3.8, 4) is 0 Å². The number of methoxy groups -OCH3 is 1. The zero-order valence-electron chi connectivity index (χ0n) is 15.3. The fraction of sp³-hybridized carbons (Fsp3) is 0.500. The van der Waals surface area contributed by atoms with E-state index in [1.54, 1.807) is 20.8 Å². The zero-order chi connectivity index (χ0) is 19.5. The van der Waals surface area contributed by atoms with Crippen molar-refractivity contribution in [2.45, 2.75) is 45.3 Å². The van der Waals surface area contributed by atoms with E-state index in [0.29, 0.717) is 24.4 Å². The minimum absolute atomic E-state index is 0.187. The number of ether oxygens (including phenoxy) is 2. The van der Waals surface area contributed by atoms with Crippen molar-refractivity contribution in [1.82, 2.24) is 4.90 Å². The molecule has 1 heterocycles. The first-order valence-corrected chi connectivity index (χ1v) is 8.68. The van der Waals surface area contributed by atoms with Crippen LogP contribution in [0.5, 0.6) is 0 Å². The van der Waals surface area contributed by atoms with Crippen molar-refractivity contribution in [2.24, 2.45) is 0 Å². The monoisotopic (exact) mass is 382 g/mol. The largest absolute Gasteiger partial charge is 0.465 e. The smallest absolute Gasteiger partial charge is 0.410 e. The van der Waals surface area contributed by atoms with Gasteiger partial charge in [0.15, 0.2) is 0 Å². The van der Waals surface area contributed by atoms with Gasteiger partial charge in [0.05, 0.1) is 18.4 Å². The highest BCUT2D eigenvalue weighted by Gasteiger charge is 2.37. The Morgan fingerprint density at radius 1 is 1.27 bits per heavy atom. The normalized spacial score (nSPS) is 17.0. The van der Waals surface area contributed by atoms with Crippen molar-refractivity contribution >= 4 is 35.3 Å². The summed E-state index contributed by atoms with van der Waals surface area (Å²) in [6.07, 6.45) is 0.671. The summed E-state index contributed by atoms with van der Waals surface area (Å²) in [5.74, 6) is -0.992. The molecule has 1 aromatic rings. The molecule has 2 amide bonds. The van der Waals surface area contributed by atoms with Gasteiger partial charge in [-0.3, -0.25) is 9.69 Å². The molecule has 1 fully saturated rings. The number of carbonyl (C=O) groups excluding carboxylic acids is 3. The molecule has 26 heavy (non-hydrogen) atoms. The lowest BCUT2D eigenvalue weighted by atomic mass is 10.1. The molecule has 1 unspecified atom stereocenters. The standard InChI is InChI=1S/C18H23ClN2O5/c1-18(2,3)26-17(24)21-9-5-6-14(21)15(22)20-13-10-11(19)7-8-12(13)16(23)25-4/h7-8,10,14H,5-6,9H2,1-4H3,(H,20,22). The molecule has 1 aliphatic rings. The van der Waals surface area contributed by atoms with Crippen LogP contribution in [0.15, 0.2) is 18.2 Å². The number of halogens is 1. The number of rotatable bonds is 3. The summed E-state index contributed by atoms with van der Waals surface area (Å²) in [5.41, 5.74) is -0.219. The highest BCUT2D eigenvalue weighted by molar-refractivity contribution is 6.31. The zero-order valence-corrected chi connectivity index (χ0v) is 16.1. The number of nitrogens with zero attached hydrogens (tertiary/aromatic N) is 1. The summed E-state index contributed by atoms with van der Waals surface area (Å²) < 4.78 is 10.1. The van der Waals surface area contributed by atoms with Gasteiger partial charge in [-0.25, -0.2) is 9.59 Å². The van der Waals surface area contributed by atoms with Gasteiger partial charge in [-0.05, 0) is 51.8 Å². The molecule has 1 aromatic carbocycles. The number of likely N-dealkylation sites (tertiary alicyclic amines) is 1. The first kappa shape index (κ1) is 20.0. The number of carbonyl (C=O) groups is 3. The van der Waals surface area contributed by atoms with E-state index >= 15 is 0 Å². The van der Waals surface area contributed by atoms with E-state index in [9.17, 15) is 14.4 Å². The van der Waals surface area contributed by atoms with Crippen LogP contribution in [0.25, 0.3) is 0 Å². The third-order valence-corrected chi connectivity index (χ3v) is 4.06. The summed E-state index contributed by atoms with van der Waals surface area (Å²) in [5, 5.41) is 3.05. The van der Waals surface area contributed by atoms with Crippen molar-refractivity contribution in [1.29, 1.82) is 0 Å². The van der Waals surface area contributed by atoms with E-state index in [1.807, 2.05) is 0 Å². The predicted molar refractivity (Wildman–Crippen MR) is 97.4 cm³/mol. The van der Waals surface area contributed by atoms with Crippen LogP contribution in [-0.2, 0) is 14.3 Å². The van der Waals surface area contributed by atoms with Crippen molar-refractivity contribution in [2.75, 3.05) is 19.0 Å². The molecule has 1 N–H and O–H groups in total. The Bertz CT molecular complexity index is 714. The Morgan fingerprint density at radius 3 is 2.58 bits per heavy atom. The van der Waals surface area contributed by atoms with Gasteiger partial charge in [0.25, 0.3) is 0 Å². The highest BCUT2D eigenvalue weighted by Crippen LogP contribution is 2.25. The second-order valence-electron chi connectivity index (χ2n) is 7.00. The van der Waals surface area contributed by atoms with Gasteiger partial charge >= 0.3 is 12.1 Å². The molecule has 7 nitrogen and oxygen atoms in total. The van der Waals surface area contributed by atoms with Crippen LogP contribution in [-0.4, -0.2) is 48.2 Å². The van der Waals surface area contributed by atoms with Crippen LogP contribution in [0.1, 0.15) is 44.0 Å². The molecule has 0 spiro atoms. The molecule has 0 aromatic heterocycles. The van der Waals surface area contributed by atoms with Crippen LogP contribution in [0.3, 0.4) is 0 Å². The molecule has 1 aliphatic heterocycles. The van der Waals surface area contributed by atoms with Crippen LogP contribution >= 0.6 is 11.6 Å². The van der Waals surface area contributed by atoms with Gasteiger partial charge in [0.1, 0.15) is 11.6 Å². The van der Waals surface area contributed by atoms with Gasteiger partial charge < -0.3 is 14.8 Å². The van der Waals surface area contributed by atoms with Gasteiger partial charge in [0, 0.05) is 11.6 Å². The number of anilines is 1. The van der Waals surface area contributed by atoms with E-state index in [1.165, 1.54) is 30.2 Å². The summed E-state index contributed by atoms with van der Waals surface area (Å²) >= 11 is 5.97. The molecule has 0 saturated carbocycles. The van der Waals surface area contributed by atoms with E-state index in [-0.39, 0.29) is 11.3 Å². The lowest BCUT2D eigenvalue weighted by Crippen LogP contribution is -2.45. The molecule has 1 saturated heterocycles. The van der Waals surface area contributed by atoms with Crippen LogP contribution < -0.4 is 5.32 Å². The van der Waals surface area contributed by atoms with Crippen molar-refractivity contribution < 1.29 is 23.9 Å². The average Bonchev–Trinajstić information content (AvgIpc) is 3.02. The van der Waals surface area contributed by atoms with E-state index < -0.39 is 29.6 Å². The molecule has 2 rings (SSSR count). The van der Waals surface area contributed by atoms with Gasteiger partial charge in [-0.1, -0.05) is 11.6 Å². The number of amides is 2. The van der Waals surface area contributed by atoms with Gasteiger partial charge in [-0.2, -0.15) is 0 Å². The minimum atomic E-state index is -0.672. The minimum Gasteiger partial charge on any atom is -0.465 e. The second-order valence-corrected chi connectivity index (χ2v) is 7.44. The molecule has 142 valence electrons. The molecule has 1 atom stereocenters. The van der Waals surface area contributed by atoms with E-state index in [0.717, 1.165) is 0 Å². The highest BCUT2D eigenvalue weighted by atomic mass is 35.5. The summed E-state index contributed by atoms with van der Waals surface area (Å²) in [6.45, 7) is 5.74. The maximum absolute atomic E-state index is 12.7. The Balaban J connectivity index is 2.18. The molecule has 0 radical (unpaired) electrons. The topological polar surface area (TPSA) is 84.9 Å². The van der Waals surface area contributed by atoms with Crippen LogP contribution in [0.4, 0.5) is 10.5 Å². The number of nitrogens with one attached hydrogen (secondary N) is 1. The third-order valence-electron chi connectivity index (χ3n) is 3.83. The van der Waals surface area contributed by atoms with Crippen molar-refractivity contribution in [3.05, 3.63) is 28.8 Å². The van der Waals surface area contributed by atoms with Crippen molar-refractivity contribution in [3.63, 3.8) is 0 Å². The third kappa shape index (κ3) is 4.88. The molecular formula is C18H23ClN2O5. The number of esters is 1. The maximum atomic E-state index is 12.7. The van der Waals surface area contributed by atoms with Crippen LogP contribution in [0.2, 0.25) is 5.02 Å². The van der Waals surface area contributed by atoms with E-state index in [2.05, 4.69) is 5.32 Å². The Hall–Kier alpha value is -2.28. The first-order chi connectivity index (χ1) is 12.1. The lowest BCUT2D eigenvalue weighted by molar-refractivity contribution is -0.120. The summed E-state index contributed by atoms with van der Waals surface area (Å²) in [4.78, 5) is 38.3. The number of benzene rings is 1. The SMILES string of the molecule is COC(=O)c1ccc(Cl)cc1NC(=O)C1CCCN1C(=O)OC(C)(C)C. The molecule has 8 heteroatoms. The molecule has 0 aliphatic carbocycles. The van der Waals surface area contributed by atoms with Crippen LogP contribution in [0, 0.1) is 0 Å². The first-order valence-electron chi connectivity index (χ1n) is 8.30. The Kier molecular flexibility index (Phi) is 6.13. The summed E-state index contributed by atoms with van der Waals surface area (Å²) in [6, 6.07) is 3.81. The van der Waals surface area contributed by atoms with Gasteiger partial charge in [-0.15, -0.1) is 0 Å². The Morgan fingerprint density at radius 2 is 1.96 bits per heavy atom. The Labute approximate surface area is 157 Å². The van der Waals surface area contributed by atoms with E-state index in [4.69, 9.17) is 21.1 Å². The molecular weight excluding hydrogens is 360 g/mol. The fourth-order valence-electron chi connectivity index (χ4n) is 2.70. The predicted octanol–water partition coefficient (Wildman–Crippen LogP) is 3.46. The van der Waals surface area contributed by atoms with Gasteiger partial charge in [0.2, 0.25) is 5.91 Å². The average molecular weight is 383 g/mol. The second kappa shape index (κ2) is 7.95. The number of hydrogen-bond acceptors (Lipinski definition) is 5. The fourth-order valence-corrected chi connectivity index (χ4v) is 2.87.